The summed E-state index contributed by atoms with van der Waals surface area (Å²) < 4.78 is 11.1. The van der Waals surface area contributed by atoms with Crippen molar-refractivity contribution in [2.24, 2.45) is 10.4 Å². The van der Waals surface area contributed by atoms with Crippen molar-refractivity contribution >= 4 is 29.9 Å². The molecule has 6 nitrogen and oxygen atoms in total. The average molecular weight is 504 g/mol. The van der Waals surface area contributed by atoms with E-state index in [-0.39, 0.29) is 24.0 Å². The van der Waals surface area contributed by atoms with Crippen LogP contribution in [0.3, 0.4) is 0 Å². The number of guanidine groups is 1. The average Bonchev–Trinajstić information content (AvgIpc) is 3.16. The van der Waals surface area contributed by atoms with Crippen molar-refractivity contribution in [3.05, 3.63) is 23.9 Å². The molecule has 0 unspecified atom stereocenters. The van der Waals surface area contributed by atoms with Crippen LogP contribution < -0.4 is 15.4 Å². The van der Waals surface area contributed by atoms with Gasteiger partial charge < -0.3 is 20.1 Å². The van der Waals surface area contributed by atoms with Gasteiger partial charge in [0.15, 0.2) is 5.96 Å². The van der Waals surface area contributed by atoms with Gasteiger partial charge in [-0.25, -0.2) is 4.98 Å². The molecule has 1 aliphatic carbocycles. The molecule has 1 aliphatic rings. The molecule has 0 amide bonds. The van der Waals surface area contributed by atoms with Crippen molar-refractivity contribution in [2.45, 2.75) is 58.9 Å². The lowest BCUT2D eigenvalue weighted by atomic mass is 9.83. The Morgan fingerprint density at radius 2 is 1.96 bits per heavy atom. The summed E-state index contributed by atoms with van der Waals surface area (Å²) >= 11 is 0. The number of halogens is 1. The molecule has 0 aliphatic heterocycles. The summed E-state index contributed by atoms with van der Waals surface area (Å²) in [4.78, 5) is 8.71. The number of hydrogen-bond acceptors (Lipinski definition) is 4. The first kappa shape index (κ1) is 24.9. The maximum absolute atomic E-state index is 5.60. The van der Waals surface area contributed by atoms with Gasteiger partial charge >= 0.3 is 0 Å². The number of aromatic nitrogens is 1. The first-order valence-electron chi connectivity index (χ1n) is 10.3. The molecule has 1 aromatic heterocycles. The lowest BCUT2D eigenvalue weighted by molar-refractivity contribution is 0.105. The molecular formula is C21H37IN4O2. The van der Waals surface area contributed by atoms with Crippen LogP contribution in [0.15, 0.2) is 23.3 Å². The van der Waals surface area contributed by atoms with Gasteiger partial charge in [-0.3, -0.25) is 4.99 Å². The van der Waals surface area contributed by atoms with Crippen molar-refractivity contribution in [2.75, 3.05) is 33.4 Å². The Morgan fingerprint density at radius 1 is 1.18 bits per heavy atom. The van der Waals surface area contributed by atoms with Crippen molar-refractivity contribution < 1.29 is 9.47 Å². The number of nitrogens with zero attached hydrogens (tertiary/aromatic N) is 2. The second kappa shape index (κ2) is 14.0. The molecule has 0 radical (unpaired) electrons. The molecule has 1 aromatic rings. The Bertz CT molecular complexity index is 560. The smallest absolute Gasteiger partial charge is 0.213 e. The van der Waals surface area contributed by atoms with Crippen LogP contribution in [-0.4, -0.2) is 44.4 Å². The largest absolute Gasteiger partial charge is 0.478 e. The van der Waals surface area contributed by atoms with Crippen LogP contribution in [0.4, 0.5) is 0 Å². The quantitative estimate of drug-likeness (QED) is 0.205. The molecule has 0 atom stereocenters. The van der Waals surface area contributed by atoms with E-state index < -0.39 is 0 Å². The maximum atomic E-state index is 5.60. The normalized spacial score (nSPS) is 15.8. The van der Waals surface area contributed by atoms with Gasteiger partial charge in [-0.2, -0.15) is 0 Å². The molecule has 1 saturated carbocycles. The second-order valence-corrected chi connectivity index (χ2v) is 7.29. The van der Waals surface area contributed by atoms with Gasteiger partial charge in [0.1, 0.15) is 0 Å². The van der Waals surface area contributed by atoms with Gasteiger partial charge in [-0.1, -0.05) is 25.8 Å². The fourth-order valence-corrected chi connectivity index (χ4v) is 3.56. The molecule has 2 rings (SSSR count). The van der Waals surface area contributed by atoms with E-state index in [1.54, 1.807) is 0 Å². The Balaban J connectivity index is 0.00000392. The van der Waals surface area contributed by atoms with Gasteiger partial charge in [0, 0.05) is 45.6 Å². The zero-order valence-electron chi connectivity index (χ0n) is 17.6. The third-order valence-corrected chi connectivity index (χ3v) is 5.21. The molecule has 0 bridgehead atoms. The first-order chi connectivity index (χ1) is 13.2. The van der Waals surface area contributed by atoms with E-state index >= 15 is 0 Å². The molecule has 1 fully saturated rings. The van der Waals surface area contributed by atoms with Crippen molar-refractivity contribution in [3.8, 4) is 5.88 Å². The van der Waals surface area contributed by atoms with Gasteiger partial charge in [-0.15, -0.1) is 24.0 Å². The predicted molar refractivity (Wildman–Crippen MR) is 126 cm³/mol. The summed E-state index contributed by atoms with van der Waals surface area (Å²) in [5.74, 6) is 1.52. The summed E-state index contributed by atoms with van der Waals surface area (Å²) in [5.41, 5.74) is 1.45. The van der Waals surface area contributed by atoms with Crippen LogP contribution in [0.25, 0.3) is 0 Å². The Hall–Kier alpha value is -1.09. The maximum Gasteiger partial charge on any atom is 0.213 e. The summed E-state index contributed by atoms with van der Waals surface area (Å²) in [6, 6.07) is 3.96. The predicted octanol–water partition coefficient (Wildman–Crippen LogP) is 4.14. The molecule has 0 saturated heterocycles. The van der Waals surface area contributed by atoms with Gasteiger partial charge in [0.05, 0.1) is 6.61 Å². The van der Waals surface area contributed by atoms with Crippen LogP contribution in [0, 0.1) is 5.41 Å². The number of nitrogens with one attached hydrogen (secondary N) is 2. The lowest BCUT2D eigenvalue weighted by Crippen LogP contribution is -2.43. The van der Waals surface area contributed by atoms with Crippen LogP contribution in [0.2, 0.25) is 0 Å². The molecular weight excluding hydrogens is 467 g/mol. The zero-order valence-corrected chi connectivity index (χ0v) is 20.0. The van der Waals surface area contributed by atoms with Gasteiger partial charge in [0.25, 0.3) is 0 Å². The lowest BCUT2D eigenvalue weighted by Gasteiger charge is -2.30. The number of aliphatic imine (C=N–C) groups is 1. The highest BCUT2D eigenvalue weighted by Gasteiger charge is 2.33. The molecule has 0 aromatic carbocycles. The van der Waals surface area contributed by atoms with E-state index in [0.29, 0.717) is 24.4 Å². The van der Waals surface area contributed by atoms with Crippen LogP contribution in [0.5, 0.6) is 5.88 Å². The number of hydrogen-bond donors (Lipinski definition) is 2. The Labute approximate surface area is 187 Å². The molecule has 1 heterocycles. The highest BCUT2D eigenvalue weighted by molar-refractivity contribution is 14.0. The first-order valence-corrected chi connectivity index (χ1v) is 10.3. The van der Waals surface area contributed by atoms with Crippen molar-refractivity contribution in [1.29, 1.82) is 0 Å². The van der Waals surface area contributed by atoms with E-state index in [0.717, 1.165) is 44.1 Å². The van der Waals surface area contributed by atoms with Gasteiger partial charge in [0.2, 0.25) is 5.88 Å². The minimum absolute atomic E-state index is 0. The van der Waals surface area contributed by atoms with Gasteiger partial charge in [-0.05, 0) is 43.6 Å². The second-order valence-electron chi connectivity index (χ2n) is 7.29. The monoisotopic (exact) mass is 504 g/mol. The third kappa shape index (κ3) is 8.51. The topological polar surface area (TPSA) is 67.8 Å². The van der Waals surface area contributed by atoms with E-state index in [4.69, 9.17) is 9.47 Å². The molecule has 28 heavy (non-hydrogen) atoms. The minimum atomic E-state index is 0. The van der Waals surface area contributed by atoms with Crippen LogP contribution >= 0.6 is 24.0 Å². The molecule has 160 valence electrons. The number of rotatable bonds is 11. The zero-order chi connectivity index (χ0) is 19.4. The van der Waals surface area contributed by atoms with Crippen molar-refractivity contribution in [1.82, 2.24) is 15.6 Å². The van der Waals surface area contributed by atoms with E-state index in [9.17, 15) is 0 Å². The van der Waals surface area contributed by atoms with E-state index in [1.807, 2.05) is 25.4 Å². The summed E-state index contributed by atoms with van der Waals surface area (Å²) in [6.45, 7) is 8.12. The highest BCUT2D eigenvalue weighted by atomic mass is 127. The van der Waals surface area contributed by atoms with E-state index in [1.165, 1.54) is 25.7 Å². The minimum Gasteiger partial charge on any atom is -0.478 e. The Kier molecular flexibility index (Phi) is 12.5. The summed E-state index contributed by atoms with van der Waals surface area (Å²) in [6.07, 6.45) is 9.13. The Morgan fingerprint density at radius 3 is 2.57 bits per heavy atom. The summed E-state index contributed by atoms with van der Waals surface area (Å²) in [5, 5.41) is 6.91. The van der Waals surface area contributed by atoms with Crippen LogP contribution in [0.1, 0.15) is 57.9 Å². The van der Waals surface area contributed by atoms with Crippen molar-refractivity contribution in [3.63, 3.8) is 0 Å². The highest BCUT2D eigenvalue weighted by Crippen LogP contribution is 2.40. The SMILES string of the molecule is CCCOc1ccc(CNC(=NC)NCC2(CCOCC)CCCC2)cn1.I. The number of pyridine rings is 1. The third-order valence-electron chi connectivity index (χ3n) is 5.21. The molecule has 2 N–H and O–H groups in total. The molecule has 0 spiro atoms. The fourth-order valence-electron chi connectivity index (χ4n) is 3.56. The number of ether oxygens (including phenoxy) is 2. The van der Waals surface area contributed by atoms with E-state index in [2.05, 4.69) is 34.5 Å². The summed E-state index contributed by atoms with van der Waals surface area (Å²) in [7, 11) is 1.82. The molecule has 7 heteroatoms. The fraction of sp³-hybridized carbons (Fsp3) is 0.714. The van der Waals surface area contributed by atoms with Crippen LogP contribution in [-0.2, 0) is 11.3 Å². The standard InChI is InChI=1S/C21H36N4O2.HI/c1-4-13-27-19-9-8-18(15-23-19)16-24-20(22-3)25-17-21(10-6-7-11-21)12-14-26-5-2;/h8-9,15H,4-7,10-14,16-17H2,1-3H3,(H2,22,24,25);1H.